The summed E-state index contributed by atoms with van der Waals surface area (Å²) in [6.07, 6.45) is 2.10. The maximum absolute atomic E-state index is 12.9. The second-order valence-corrected chi connectivity index (χ2v) is 9.91. The van der Waals surface area contributed by atoms with Gasteiger partial charge in [-0.2, -0.15) is 0 Å². The molecule has 2 fully saturated rings. The Morgan fingerprint density at radius 2 is 2.00 bits per heavy atom. The van der Waals surface area contributed by atoms with E-state index >= 15 is 0 Å². The van der Waals surface area contributed by atoms with E-state index in [1.165, 1.54) is 5.57 Å². The van der Waals surface area contributed by atoms with Crippen molar-refractivity contribution < 1.29 is 17.7 Å². The minimum Gasteiger partial charge on any atom is -0.351 e. The first kappa shape index (κ1) is 19.1. The van der Waals surface area contributed by atoms with E-state index in [0.717, 1.165) is 5.69 Å². The molecule has 0 unspecified atom stereocenters. The summed E-state index contributed by atoms with van der Waals surface area (Å²) in [4.78, 5) is 16.8. The van der Waals surface area contributed by atoms with Crippen molar-refractivity contribution in [2.45, 2.75) is 45.7 Å². The molecular formula is C18H27N3O4S. The molecule has 3 rings (SSSR count). The molecule has 0 saturated carbocycles. The summed E-state index contributed by atoms with van der Waals surface area (Å²) in [5.74, 6) is 0.208. The summed E-state index contributed by atoms with van der Waals surface area (Å²) in [5, 5.41) is 3.95. The average Bonchev–Trinajstić information content (AvgIpc) is 3.15. The van der Waals surface area contributed by atoms with Crippen LogP contribution in [0, 0.1) is 0 Å². The van der Waals surface area contributed by atoms with E-state index in [4.69, 9.17) is 4.52 Å². The molecule has 144 valence electrons. The van der Waals surface area contributed by atoms with E-state index in [-0.39, 0.29) is 41.2 Å². The molecule has 1 aromatic heterocycles. The van der Waals surface area contributed by atoms with Gasteiger partial charge in [0.25, 0.3) is 5.91 Å². The zero-order valence-electron chi connectivity index (χ0n) is 15.8. The maximum atomic E-state index is 12.9. The van der Waals surface area contributed by atoms with E-state index in [2.05, 4.69) is 16.1 Å². The lowest BCUT2D eigenvalue weighted by atomic mass is 10.0. The Morgan fingerprint density at radius 1 is 1.31 bits per heavy atom. The number of fused-ring (bicyclic) bond motifs is 1. The van der Waals surface area contributed by atoms with Crippen LogP contribution >= 0.6 is 0 Å². The first-order chi connectivity index (χ1) is 12.2. The van der Waals surface area contributed by atoms with Crippen molar-refractivity contribution in [2.75, 3.05) is 31.1 Å². The molecule has 2 aliphatic rings. The first-order valence-electron chi connectivity index (χ1n) is 9.03. The van der Waals surface area contributed by atoms with Gasteiger partial charge in [0.15, 0.2) is 9.84 Å². The third-order valence-electron chi connectivity index (χ3n) is 5.12. The number of rotatable bonds is 4. The summed E-state index contributed by atoms with van der Waals surface area (Å²) in [6, 6.07) is 1.17. The van der Waals surface area contributed by atoms with Gasteiger partial charge in [0, 0.05) is 31.7 Å². The highest BCUT2D eigenvalue weighted by atomic mass is 32.2. The number of piperazine rings is 1. The van der Waals surface area contributed by atoms with Crippen LogP contribution in [0.3, 0.4) is 0 Å². The predicted octanol–water partition coefficient (Wildman–Crippen LogP) is 1.69. The Labute approximate surface area is 154 Å². The predicted molar refractivity (Wildman–Crippen MR) is 98.9 cm³/mol. The van der Waals surface area contributed by atoms with Gasteiger partial charge in [-0.3, -0.25) is 9.69 Å². The number of nitrogens with zero attached hydrogens (tertiary/aromatic N) is 3. The van der Waals surface area contributed by atoms with Gasteiger partial charge in [-0.25, -0.2) is 8.42 Å². The Balaban J connectivity index is 1.83. The highest BCUT2D eigenvalue weighted by Crippen LogP contribution is 2.28. The van der Waals surface area contributed by atoms with Crippen molar-refractivity contribution >= 4 is 15.7 Å². The lowest BCUT2D eigenvalue weighted by molar-refractivity contribution is 0.0335. The minimum absolute atomic E-state index is 0.0138. The lowest BCUT2D eigenvalue weighted by Gasteiger charge is -2.43. The molecule has 1 amide bonds. The largest absolute Gasteiger partial charge is 0.351 e. The number of carbonyl (C=O) groups is 1. The van der Waals surface area contributed by atoms with E-state index in [1.807, 2.05) is 27.7 Å². The van der Waals surface area contributed by atoms with Crippen LogP contribution in [-0.4, -0.2) is 72.5 Å². The fraction of sp³-hybridized carbons (Fsp3) is 0.667. The first-order valence-corrected chi connectivity index (χ1v) is 10.9. The average molecular weight is 381 g/mol. The molecule has 2 aliphatic heterocycles. The van der Waals surface area contributed by atoms with Crippen LogP contribution in [0.5, 0.6) is 0 Å². The number of amides is 1. The molecule has 1 aromatic rings. The van der Waals surface area contributed by atoms with Crippen molar-refractivity contribution in [2.24, 2.45) is 0 Å². The van der Waals surface area contributed by atoms with Crippen molar-refractivity contribution in [3.05, 3.63) is 29.2 Å². The van der Waals surface area contributed by atoms with E-state index in [1.54, 1.807) is 11.0 Å². The molecular weight excluding hydrogens is 354 g/mol. The van der Waals surface area contributed by atoms with Gasteiger partial charge in [-0.1, -0.05) is 30.7 Å². The molecule has 0 aliphatic carbocycles. The number of sulfone groups is 1. The van der Waals surface area contributed by atoms with Crippen LogP contribution in [0.2, 0.25) is 0 Å². The highest BCUT2D eigenvalue weighted by molar-refractivity contribution is 7.91. The van der Waals surface area contributed by atoms with Crippen molar-refractivity contribution in [1.29, 1.82) is 0 Å². The standard InChI is InChI=1S/C18H27N3O4S/c1-12(2)5-6-20-7-8-21(16-11-26(23,24)10-15(16)20)18(22)17-9-14(13(3)4)19-25-17/h5,9,13,15-16H,6-8,10-11H2,1-4H3/t15-,16+/m0/s1. The van der Waals surface area contributed by atoms with Crippen LogP contribution in [0.4, 0.5) is 0 Å². The van der Waals surface area contributed by atoms with Crippen molar-refractivity contribution in [1.82, 2.24) is 15.0 Å². The van der Waals surface area contributed by atoms with Gasteiger partial charge in [0.05, 0.1) is 23.2 Å². The van der Waals surface area contributed by atoms with Crippen LogP contribution in [-0.2, 0) is 9.84 Å². The van der Waals surface area contributed by atoms with Crippen molar-refractivity contribution in [3.8, 4) is 0 Å². The van der Waals surface area contributed by atoms with Gasteiger partial charge in [-0.05, 0) is 19.8 Å². The molecule has 2 atom stereocenters. The zero-order valence-corrected chi connectivity index (χ0v) is 16.6. The van der Waals surface area contributed by atoms with Gasteiger partial charge in [-0.15, -0.1) is 0 Å². The van der Waals surface area contributed by atoms with E-state index in [0.29, 0.717) is 19.6 Å². The summed E-state index contributed by atoms with van der Waals surface area (Å²) < 4.78 is 29.8. The Hall–Kier alpha value is -1.67. The normalized spacial score (nSPS) is 25.3. The maximum Gasteiger partial charge on any atom is 0.292 e. The fourth-order valence-electron chi connectivity index (χ4n) is 3.61. The Bertz CT molecular complexity index is 808. The summed E-state index contributed by atoms with van der Waals surface area (Å²) in [7, 11) is -3.16. The minimum atomic E-state index is -3.16. The molecule has 0 N–H and O–H groups in total. The molecule has 0 aromatic carbocycles. The van der Waals surface area contributed by atoms with Crippen LogP contribution in [0.25, 0.3) is 0 Å². The smallest absolute Gasteiger partial charge is 0.292 e. The van der Waals surface area contributed by atoms with Crippen LogP contribution < -0.4 is 0 Å². The van der Waals surface area contributed by atoms with Gasteiger partial charge in [0.2, 0.25) is 5.76 Å². The second kappa shape index (κ2) is 7.15. The summed E-state index contributed by atoms with van der Waals surface area (Å²) in [6.45, 7) is 9.86. The van der Waals surface area contributed by atoms with Gasteiger partial charge >= 0.3 is 0 Å². The monoisotopic (exact) mass is 381 g/mol. The molecule has 26 heavy (non-hydrogen) atoms. The van der Waals surface area contributed by atoms with E-state index < -0.39 is 9.84 Å². The molecule has 3 heterocycles. The summed E-state index contributed by atoms with van der Waals surface area (Å²) in [5.41, 5.74) is 1.93. The van der Waals surface area contributed by atoms with Crippen LogP contribution in [0.1, 0.15) is 49.9 Å². The third-order valence-corrected chi connectivity index (χ3v) is 6.82. The lowest BCUT2D eigenvalue weighted by Crippen LogP contribution is -2.60. The molecule has 8 heteroatoms. The second-order valence-electron chi connectivity index (χ2n) is 7.76. The fourth-order valence-corrected chi connectivity index (χ4v) is 5.62. The number of aromatic nitrogens is 1. The highest BCUT2D eigenvalue weighted by Gasteiger charge is 2.48. The number of hydrogen-bond donors (Lipinski definition) is 0. The molecule has 0 bridgehead atoms. The molecule has 2 saturated heterocycles. The zero-order chi connectivity index (χ0) is 19.1. The topological polar surface area (TPSA) is 83.7 Å². The third kappa shape index (κ3) is 3.86. The van der Waals surface area contributed by atoms with Crippen LogP contribution in [0.15, 0.2) is 22.2 Å². The quantitative estimate of drug-likeness (QED) is 0.738. The van der Waals surface area contributed by atoms with Gasteiger partial charge in [0.1, 0.15) is 0 Å². The molecule has 0 spiro atoms. The summed E-state index contributed by atoms with van der Waals surface area (Å²) >= 11 is 0. The molecule has 7 nitrogen and oxygen atoms in total. The Morgan fingerprint density at radius 3 is 2.62 bits per heavy atom. The Kier molecular flexibility index (Phi) is 5.25. The molecule has 0 radical (unpaired) electrons. The number of carbonyl (C=O) groups excluding carboxylic acids is 1. The number of allylic oxidation sites excluding steroid dienone is 1. The van der Waals surface area contributed by atoms with Gasteiger partial charge < -0.3 is 9.42 Å². The van der Waals surface area contributed by atoms with Crippen molar-refractivity contribution in [3.63, 3.8) is 0 Å². The van der Waals surface area contributed by atoms with E-state index in [9.17, 15) is 13.2 Å². The number of hydrogen-bond acceptors (Lipinski definition) is 6. The SMILES string of the molecule is CC(C)=CCN1CCN(C(=O)c2cc(C(C)C)no2)[C@@H]2CS(=O)(=O)C[C@@H]21.